The summed E-state index contributed by atoms with van der Waals surface area (Å²) in [7, 11) is 1.23. The molecule has 0 spiro atoms. The van der Waals surface area contributed by atoms with Gasteiger partial charge in [-0.3, -0.25) is 0 Å². The number of methoxy groups -OCH3 is 1. The molecule has 0 saturated carbocycles. The van der Waals surface area contributed by atoms with E-state index in [0.717, 1.165) is 6.07 Å². The standard InChI is InChI=1S/C9H8F3N3O2/c1-16-7-3-2-6(5-14-15-13)4-8(7)17-9(10,11)12/h2-4H,5H2,1H3. The summed E-state index contributed by atoms with van der Waals surface area (Å²) in [6.07, 6.45) is -4.80. The van der Waals surface area contributed by atoms with Crippen LogP contribution in [0, 0.1) is 0 Å². The highest BCUT2D eigenvalue weighted by molar-refractivity contribution is 5.43. The van der Waals surface area contributed by atoms with E-state index in [2.05, 4.69) is 14.8 Å². The van der Waals surface area contributed by atoms with Crippen molar-refractivity contribution in [2.75, 3.05) is 7.11 Å². The molecule has 0 saturated heterocycles. The van der Waals surface area contributed by atoms with E-state index in [1.54, 1.807) is 0 Å². The molecule has 0 amide bonds. The maximum atomic E-state index is 12.1. The Balaban J connectivity index is 3.01. The average molecular weight is 247 g/mol. The van der Waals surface area contributed by atoms with E-state index < -0.39 is 12.1 Å². The Labute approximate surface area is 94.4 Å². The van der Waals surface area contributed by atoms with Crippen LogP contribution >= 0.6 is 0 Å². The number of hydrogen-bond donors (Lipinski definition) is 0. The van der Waals surface area contributed by atoms with Crippen molar-refractivity contribution in [2.45, 2.75) is 12.9 Å². The minimum absolute atomic E-state index is 0.0491. The van der Waals surface area contributed by atoms with Crippen molar-refractivity contribution < 1.29 is 22.6 Å². The lowest BCUT2D eigenvalue weighted by molar-refractivity contribution is -0.275. The molecule has 0 aliphatic rings. The third-order valence-electron chi connectivity index (χ3n) is 1.77. The Morgan fingerprint density at radius 3 is 2.59 bits per heavy atom. The van der Waals surface area contributed by atoms with E-state index in [1.165, 1.54) is 19.2 Å². The Kier molecular flexibility index (Phi) is 4.06. The fourth-order valence-electron chi connectivity index (χ4n) is 1.14. The molecule has 0 radical (unpaired) electrons. The number of halogens is 3. The molecule has 0 aliphatic heterocycles. The van der Waals surface area contributed by atoms with Crippen molar-refractivity contribution in [3.63, 3.8) is 0 Å². The Bertz CT molecular complexity index is 442. The third-order valence-corrected chi connectivity index (χ3v) is 1.77. The molecule has 0 N–H and O–H groups in total. The first-order valence-electron chi connectivity index (χ1n) is 4.40. The molecule has 0 aromatic heterocycles. The van der Waals surface area contributed by atoms with Gasteiger partial charge in [-0.1, -0.05) is 11.2 Å². The molecular weight excluding hydrogens is 239 g/mol. The molecule has 0 aliphatic carbocycles. The minimum atomic E-state index is -4.80. The molecule has 1 aromatic carbocycles. The van der Waals surface area contributed by atoms with Gasteiger partial charge in [0.1, 0.15) is 0 Å². The largest absolute Gasteiger partial charge is 0.573 e. The van der Waals surface area contributed by atoms with Crippen LogP contribution in [-0.2, 0) is 6.54 Å². The van der Waals surface area contributed by atoms with Crippen LogP contribution in [0.25, 0.3) is 10.4 Å². The zero-order valence-electron chi connectivity index (χ0n) is 8.73. The van der Waals surface area contributed by atoms with Crippen LogP contribution in [-0.4, -0.2) is 13.5 Å². The van der Waals surface area contributed by atoms with Crippen LogP contribution in [0.5, 0.6) is 11.5 Å². The van der Waals surface area contributed by atoms with Crippen LogP contribution in [0.2, 0.25) is 0 Å². The lowest BCUT2D eigenvalue weighted by atomic mass is 10.2. The first-order chi connectivity index (χ1) is 7.96. The van der Waals surface area contributed by atoms with Gasteiger partial charge >= 0.3 is 6.36 Å². The van der Waals surface area contributed by atoms with Gasteiger partial charge in [0, 0.05) is 4.91 Å². The highest BCUT2D eigenvalue weighted by Crippen LogP contribution is 2.33. The normalized spacial score (nSPS) is 10.6. The van der Waals surface area contributed by atoms with E-state index in [4.69, 9.17) is 10.3 Å². The second kappa shape index (κ2) is 5.31. The number of benzene rings is 1. The third kappa shape index (κ3) is 4.12. The second-order valence-corrected chi connectivity index (χ2v) is 2.92. The summed E-state index contributed by atoms with van der Waals surface area (Å²) in [6, 6.07) is 3.90. The molecule has 1 aromatic rings. The van der Waals surface area contributed by atoms with Crippen LogP contribution in [0.15, 0.2) is 23.3 Å². The lowest BCUT2D eigenvalue weighted by Gasteiger charge is -2.13. The van der Waals surface area contributed by atoms with Crippen LogP contribution < -0.4 is 9.47 Å². The predicted molar refractivity (Wildman–Crippen MR) is 52.5 cm³/mol. The van der Waals surface area contributed by atoms with E-state index >= 15 is 0 Å². The van der Waals surface area contributed by atoms with Crippen molar-refractivity contribution in [3.05, 3.63) is 34.2 Å². The van der Waals surface area contributed by atoms with Crippen molar-refractivity contribution >= 4 is 0 Å². The molecule has 1 rings (SSSR count). The van der Waals surface area contributed by atoms with Crippen molar-refractivity contribution in [1.82, 2.24) is 0 Å². The molecule has 8 heteroatoms. The molecule has 0 fully saturated rings. The summed E-state index contributed by atoms with van der Waals surface area (Å²) < 4.78 is 44.8. The topological polar surface area (TPSA) is 67.2 Å². The Hall–Kier alpha value is -2.08. The zero-order chi connectivity index (χ0) is 12.9. The van der Waals surface area contributed by atoms with Gasteiger partial charge in [0.15, 0.2) is 11.5 Å². The predicted octanol–water partition coefficient (Wildman–Crippen LogP) is 3.40. The molecule has 5 nitrogen and oxygen atoms in total. The Morgan fingerprint density at radius 1 is 1.35 bits per heavy atom. The maximum absolute atomic E-state index is 12.1. The fourth-order valence-corrected chi connectivity index (χ4v) is 1.14. The SMILES string of the molecule is COc1ccc(CN=[N+]=[N-])cc1OC(F)(F)F. The maximum Gasteiger partial charge on any atom is 0.573 e. The summed E-state index contributed by atoms with van der Waals surface area (Å²) >= 11 is 0. The van der Waals surface area contributed by atoms with E-state index in [-0.39, 0.29) is 12.3 Å². The summed E-state index contributed by atoms with van der Waals surface area (Å²) in [4.78, 5) is 2.51. The number of alkyl halides is 3. The number of hydrogen-bond acceptors (Lipinski definition) is 3. The molecule has 92 valence electrons. The average Bonchev–Trinajstić information content (AvgIpc) is 2.24. The van der Waals surface area contributed by atoms with Crippen LogP contribution in [0.4, 0.5) is 13.2 Å². The van der Waals surface area contributed by atoms with E-state index in [1.807, 2.05) is 0 Å². The number of nitrogens with zero attached hydrogens (tertiary/aromatic N) is 3. The second-order valence-electron chi connectivity index (χ2n) is 2.92. The first kappa shape index (κ1) is 13.0. The van der Waals surface area contributed by atoms with Crippen molar-refractivity contribution in [3.8, 4) is 11.5 Å². The summed E-state index contributed by atoms with van der Waals surface area (Å²) in [6.45, 7) is -0.0608. The zero-order valence-corrected chi connectivity index (χ0v) is 8.73. The highest BCUT2D eigenvalue weighted by Gasteiger charge is 2.32. The number of azide groups is 1. The molecule has 0 heterocycles. The van der Waals surface area contributed by atoms with Gasteiger partial charge in [-0.25, -0.2) is 0 Å². The van der Waals surface area contributed by atoms with Crippen molar-refractivity contribution in [1.29, 1.82) is 0 Å². The summed E-state index contributed by atoms with van der Waals surface area (Å²) in [5.41, 5.74) is 8.50. The quantitative estimate of drug-likeness (QED) is 0.464. The van der Waals surface area contributed by atoms with Gasteiger partial charge in [-0.15, -0.1) is 13.2 Å². The minimum Gasteiger partial charge on any atom is -0.493 e. The van der Waals surface area contributed by atoms with E-state index in [9.17, 15) is 13.2 Å². The smallest absolute Gasteiger partial charge is 0.493 e. The van der Waals surface area contributed by atoms with Gasteiger partial charge in [-0.05, 0) is 23.2 Å². The monoisotopic (exact) mass is 247 g/mol. The first-order valence-corrected chi connectivity index (χ1v) is 4.40. The number of ether oxygens (including phenoxy) is 2. The van der Waals surface area contributed by atoms with Crippen LogP contribution in [0.3, 0.4) is 0 Å². The molecule has 17 heavy (non-hydrogen) atoms. The fraction of sp³-hybridized carbons (Fsp3) is 0.333. The van der Waals surface area contributed by atoms with Gasteiger partial charge in [-0.2, -0.15) is 0 Å². The summed E-state index contributed by atoms with van der Waals surface area (Å²) in [5.74, 6) is -0.516. The summed E-state index contributed by atoms with van der Waals surface area (Å²) in [5, 5.41) is 3.24. The van der Waals surface area contributed by atoms with Gasteiger partial charge in [0.25, 0.3) is 0 Å². The van der Waals surface area contributed by atoms with Gasteiger partial charge < -0.3 is 9.47 Å². The molecule has 0 unspecified atom stereocenters. The van der Waals surface area contributed by atoms with Crippen LogP contribution in [0.1, 0.15) is 5.56 Å². The van der Waals surface area contributed by atoms with E-state index in [0.29, 0.717) is 5.56 Å². The lowest BCUT2D eigenvalue weighted by Crippen LogP contribution is -2.17. The molecule has 0 bridgehead atoms. The Morgan fingerprint density at radius 2 is 2.06 bits per heavy atom. The highest BCUT2D eigenvalue weighted by atomic mass is 19.4. The van der Waals surface area contributed by atoms with Gasteiger partial charge in [0.05, 0.1) is 13.7 Å². The number of rotatable bonds is 4. The van der Waals surface area contributed by atoms with Gasteiger partial charge in [0.2, 0.25) is 0 Å². The van der Waals surface area contributed by atoms with Crippen molar-refractivity contribution in [2.24, 2.45) is 5.11 Å². The molecular formula is C9H8F3N3O2. The molecule has 0 atom stereocenters.